The van der Waals surface area contributed by atoms with Crippen molar-refractivity contribution in [3.8, 4) is 0 Å². The smallest absolute Gasteiger partial charge is 0.0691 e. The van der Waals surface area contributed by atoms with E-state index < -0.39 is 10.8 Å². The molecule has 102 valence electrons. The van der Waals surface area contributed by atoms with E-state index in [9.17, 15) is 4.21 Å². The minimum Gasteiger partial charge on any atom is -0.377 e. The molecule has 1 fully saturated rings. The van der Waals surface area contributed by atoms with Crippen LogP contribution in [0.1, 0.15) is 46.0 Å². The Labute approximate surface area is 108 Å². The van der Waals surface area contributed by atoms with Crippen molar-refractivity contribution in [3.63, 3.8) is 0 Å². The average molecular weight is 261 g/mol. The van der Waals surface area contributed by atoms with E-state index in [0.29, 0.717) is 6.04 Å². The van der Waals surface area contributed by atoms with E-state index in [1.54, 1.807) is 0 Å². The third-order valence-corrected chi connectivity index (χ3v) is 4.79. The second kappa shape index (κ2) is 9.06. The molecule has 1 rings (SSSR count). The van der Waals surface area contributed by atoms with Crippen LogP contribution in [-0.4, -0.2) is 41.0 Å². The van der Waals surface area contributed by atoms with Gasteiger partial charge < -0.3 is 10.1 Å². The molecule has 1 aliphatic heterocycles. The lowest BCUT2D eigenvalue weighted by Gasteiger charge is -2.15. The molecule has 3 atom stereocenters. The van der Waals surface area contributed by atoms with Gasteiger partial charge in [-0.2, -0.15) is 0 Å². The molecule has 0 aliphatic carbocycles. The second-order valence-corrected chi connectivity index (χ2v) is 6.37. The number of hydrogen-bond donors (Lipinski definition) is 1. The van der Waals surface area contributed by atoms with Crippen LogP contribution >= 0.6 is 0 Å². The van der Waals surface area contributed by atoms with Crippen molar-refractivity contribution in [2.75, 3.05) is 24.7 Å². The lowest BCUT2D eigenvalue weighted by atomic mass is 10.1. The molecule has 0 bridgehead atoms. The molecule has 1 N–H and O–H groups in total. The first kappa shape index (κ1) is 15.1. The summed E-state index contributed by atoms with van der Waals surface area (Å²) in [5.41, 5.74) is 0. The molecule has 0 aromatic carbocycles. The molecule has 3 nitrogen and oxygen atoms in total. The van der Waals surface area contributed by atoms with E-state index in [1.807, 2.05) is 0 Å². The summed E-state index contributed by atoms with van der Waals surface area (Å²) in [6, 6.07) is 0.597. The predicted molar refractivity (Wildman–Crippen MR) is 73.8 cm³/mol. The van der Waals surface area contributed by atoms with Crippen LogP contribution in [0.5, 0.6) is 0 Å². The van der Waals surface area contributed by atoms with Crippen LogP contribution < -0.4 is 5.32 Å². The molecule has 4 heteroatoms. The van der Waals surface area contributed by atoms with Gasteiger partial charge in [-0.3, -0.25) is 4.21 Å². The van der Waals surface area contributed by atoms with Crippen LogP contribution in [-0.2, 0) is 15.5 Å². The van der Waals surface area contributed by atoms with Crippen molar-refractivity contribution in [2.24, 2.45) is 0 Å². The molecule has 0 amide bonds. The van der Waals surface area contributed by atoms with E-state index in [2.05, 4.69) is 19.2 Å². The Balaban J connectivity index is 2.06. The van der Waals surface area contributed by atoms with Crippen LogP contribution in [0.25, 0.3) is 0 Å². The molecule has 17 heavy (non-hydrogen) atoms. The molecule has 0 saturated carbocycles. The molecular formula is C13H27NO2S. The molecule has 1 aliphatic rings. The summed E-state index contributed by atoms with van der Waals surface area (Å²) in [6.07, 6.45) is 5.87. The highest BCUT2D eigenvalue weighted by molar-refractivity contribution is 7.85. The van der Waals surface area contributed by atoms with Crippen molar-refractivity contribution >= 4 is 10.8 Å². The molecular weight excluding hydrogens is 234 g/mol. The van der Waals surface area contributed by atoms with E-state index in [4.69, 9.17) is 4.74 Å². The van der Waals surface area contributed by atoms with Crippen molar-refractivity contribution in [1.82, 2.24) is 5.32 Å². The molecule has 0 aromatic heterocycles. The molecule has 0 spiro atoms. The van der Waals surface area contributed by atoms with Crippen LogP contribution in [0.4, 0.5) is 0 Å². The Hall–Kier alpha value is 0.0700. The van der Waals surface area contributed by atoms with E-state index in [1.165, 1.54) is 0 Å². The van der Waals surface area contributed by atoms with Crippen LogP contribution in [0, 0.1) is 0 Å². The Bertz CT molecular complexity index is 217. The van der Waals surface area contributed by atoms with Crippen molar-refractivity contribution in [2.45, 2.75) is 58.1 Å². The van der Waals surface area contributed by atoms with Gasteiger partial charge in [0, 0.05) is 35.0 Å². The molecule has 3 unspecified atom stereocenters. The average Bonchev–Trinajstić information content (AvgIpc) is 2.80. The fourth-order valence-corrected chi connectivity index (χ4v) is 3.63. The Kier molecular flexibility index (Phi) is 8.06. The highest BCUT2D eigenvalue weighted by Gasteiger charge is 2.18. The van der Waals surface area contributed by atoms with Gasteiger partial charge in [-0.05, 0) is 38.6 Å². The fraction of sp³-hybridized carbons (Fsp3) is 1.00. The van der Waals surface area contributed by atoms with Gasteiger partial charge in [0.15, 0.2) is 0 Å². The van der Waals surface area contributed by atoms with E-state index in [0.717, 1.165) is 56.8 Å². The maximum absolute atomic E-state index is 11.8. The van der Waals surface area contributed by atoms with Crippen LogP contribution in [0.2, 0.25) is 0 Å². The summed E-state index contributed by atoms with van der Waals surface area (Å²) in [4.78, 5) is 0. The predicted octanol–water partition coefficient (Wildman–Crippen LogP) is 2.08. The molecule has 0 radical (unpaired) electrons. The van der Waals surface area contributed by atoms with Gasteiger partial charge in [0.25, 0.3) is 0 Å². The number of nitrogens with one attached hydrogen (secondary N) is 1. The summed E-state index contributed by atoms with van der Waals surface area (Å²) in [5.74, 6) is 1.58. The standard InChI is InChI=1S/C13H27NO2S/c1-3-12(14-4-2)7-6-10-17(15)11-13-8-5-9-16-13/h12-14H,3-11H2,1-2H3. The third-order valence-electron chi connectivity index (χ3n) is 3.31. The zero-order chi connectivity index (χ0) is 12.5. The van der Waals surface area contributed by atoms with Crippen molar-refractivity contribution < 1.29 is 8.95 Å². The highest BCUT2D eigenvalue weighted by atomic mass is 32.2. The Morgan fingerprint density at radius 3 is 2.88 bits per heavy atom. The van der Waals surface area contributed by atoms with Gasteiger partial charge >= 0.3 is 0 Å². The number of ether oxygens (including phenoxy) is 1. The van der Waals surface area contributed by atoms with Crippen LogP contribution in [0.3, 0.4) is 0 Å². The first-order valence-electron chi connectivity index (χ1n) is 6.96. The minimum atomic E-state index is -0.685. The van der Waals surface area contributed by atoms with Gasteiger partial charge in [0.2, 0.25) is 0 Å². The zero-order valence-corrected chi connectivity index (χ0v) is 12.1. The maximum atomic E-state index is 11.8. The lowest BCUT2D eigenvalue weighted by Crippen LogP contribution is -2.28. The summed E-state index contributed by atoms with van der Waals surface area (Å²) in [5, 5.41) is 3.46. The van der Waals surface area contributed by atoms with Gasteiger partial charge in [0.1, 0.15) is 0 Å². The highest BCUT2D eigenvalue weighted by Crippen LogP contribution is 2.13. The Morgan fingerprint density at radius 1 is 1.47 bits per heavy atom. The summed E-state index contributed by atoms with van der Waals surface area (Å²) in [6.45, 7) is 6.23. The third kappa shape index (κ3) is 6.53. The topological polar surface area (TPSA) is 38.3 Å². The van der Waals surface area contributed by atoms with Gasteiger partial charge in [0.05, 0.1) is 6.10 Å². The van der Waals surface area contributed by atoms with E-state index in [-0.39, 0.29) is 6.10 Å². The summed E-state index contributed by atoms with van der Waals surface area (Å²) >= 11 is 0. The summed E-state index contributed by atoms with van der Waals surface area (Å²) in [7, 11) is -0.685. The van der Waals surface area contributed by atoms with Crippen molar-refractivity contribution in [3.05, 3.63) is 0 Å². The normalized spacial score (nSPS) is 23.8. The Morgan fingerprint density at radius 2 is 2.29 bits per heavy atom. The quantitative estimate of drug-likeness (QED) is 0.690. The fourth-order valence-electron chi connectivity index (χ4n) is 2.30. The van der Waals surface area contributed by atoms with E-state index >= 15 is 0 Å². The maximum Gasteiger partial charge on any atom is 0.0691 e. The summed E-state index contributed by atoms with van der Waals surface area (Å²) < 4.78 is 17.3. The lowest BCUT2D eigenvalue weighted by molar-refractivity contribution is 0.128. The molecule has 1 heterocycles. The largest absolute Gasteiger partial charge is 0.377 e. The monoisotopic (exact) mass is 261 g/mol. The minimum absolute atomic E-state index is 0.270. The first-order valence-corrected chi connectivity index (χ1v) is 8.45. The number of rotatable bonds is 9. The first-order chi connectivity index (χ1) is 8.26. The second-order valence-electron chi connectivity index (χ2n) is 4.75. The molecule has 0 aromatic rings. The van der Waals surface area contributed by atoms with Gasteiger partial charge in [-0.1, -0.05) is 13.8 Å². The van der Waals surface area contributed by atoms with Gasteiger partial charge in [-0.25, -0.2) is 0 Å². The van der Waals surface area contributed by atoms with Crippen molar-refractivity contribution in [1.29, 1.82) is 0 Å². The molecule has 1 saturated heterocycles. The number of hydrogen-bond acceptors (Lipinski definition) is 3. The van der Waals surface area contributed by atoms with Crippen LogP contribution in [0.15, 0.2) is 0 Å². The zero-order valence-electron chi connectivity index (χ0n) is 11.2. The SMILES string of the molecule is CCNC(CC)CCCS(=O)CC1CCCO1. The van der Waals surface area contributed by atoms with Gasteiger partial charge in [-0.15, -0.1) is 0 Å².